The number of hydrogen-bond acceptors (Lipinski definition) is 4. The molecule has 2 aromatic rings. The minimum atomic E-state index is -1.12. The Morgan fingerprint density at radius 3 is 2.58 bits per heavy atom. The van der Waals surface area contributed by atoms with Crippen LogP contribution in [0.15, 0.2) is 6.07 Å². The second-order valence-electron chi connectivity index (χ2n) is 5.64. The van der Waals surface area contributed by atoms with Crippen LogP contribution in [0.3, 0.4) is 0 Å². The van der Waals surface area contributed by atoms with E-state index < -0.39 is 5.97 Å². The lowest BCUT2D eigenvalue weighted by atomic mass is 10.1. The molecule has 0 aromatic carbocycles. The number of aromatic carboxylic acids is 1. The minimum Gasteiger partial charge on any atom is -0.545 e. The molecule has 2 saturated carbocycles. The molecule has 2 heterocycles. The predicted molar refractivity (Wildman–Crippen MR) is 66.8 cm³/mol. The number of rotatable bonds is 3. The van der Waals surface area contributed by atoms with Crippen LogP contribution in [0.2, 0.25) is 0 Å². The minimum absolute atomic E-state index is 0.266. The highest BCUT2D eigenvalue weighted by Gasteiger charge is 2.32. The van der Waals surface area contributed by atoms with Crippen molar-refractivity contribution in [3.05, 3.63) is 23.0 Å². The molecule has 5 nitrogen and oxygen atoms in total. The fourth-order valence-electron chi connectivity index (χ4n) is 2.69. The van der Waals surface area contributed by atoms with Gasteiger partial charge in [-0.3, -0.25) is 4.68 Å². The number of aromatic nitrogens is 3. The van der Waals surface area contributed by atoms with E-state index in [1.807, 2.05) is 7.05 Å². The van der Waals surface area contributed by atoms with Gasteiger partial charge in [-0.15, -0.1) is 0 Å². The lowest BCUT2D eigenvalue weighted by molar-refractivity contribution is -0.254. The standard InChI is InChI=1S/C14H15N3O2/c1-17-13-11(12(16-17)8-4-5-8)9(14(18)19)6-10(15-13)7-2-3-7/h6-8H,2-5H2,1H3,(H,18,19)/p-1. The summed E-state index contributed by atoms with van der Waals surface area (Å²) in [6.45, 7) is 0. The molecule has 2 aliphatic carbocycles. The van der Waals surface area contributed by atoms with Gasteiger partial charge in [0.05, 0.1) is 17.0 Å². The van der Waals surface area contributed by atoms with Crippen LogP contribution in [0.5, 0.6) is 0 Å². The zero-order chi connectivity index (χ0) is 13.1. The van der Waals surface area contributed by atoms with Crippen LogP contribution in [-0.4, -0.2) is 20.7 Å². The maximum absolute atomic E-state index is 11.4. The Bertz CT molecular complexity index is 696. The summed E-state index contributed by atoms with van der Waals surface area (Å²) in [7, 11) is 1.83. The van der Waals surface area contributed by atoms with Crippen LogP contribution in [0, 0.1) is 0 Å². The van der Waals surface area contributed by atoms with Gasteiger partial charge in [-0.25, -0.2) is 4.98 Å². The monoisotopic (exact) mass is 256 g/mol. The number of carbonyl (C=O) groups is 1. The molecule has 2 aliphatic rings. The molecule has 0 saturated heterocycles. The Hall–Kier alpha value is -1.91. The Morgan fingerprint density at radius 2 is 2.00 bits per heavy atom. The van der Waals surface area contributed by atoms with E-state index in [4.69, 9.17) is 0 Å². The molecule has 2 aromatic heterocycles. The lowest BCUT2D eigenvalue weighted by Gasteiger charge is -2.08. The van der Waals surface area contributed by atoms with Crippen molar-refractivity contribution in [2.24, 2.45) is 7.05 Å². The van der Waals surface area contributed by atoms with Gasteiger partial charge in [0.1, 0.15) is 0 Å². The van der Waals surface area contributed by atoms with Crippen molar-refractivity contribution in [3.63, 3.8) is 0 Å². The third-order valence-electron chi connectivity index (χ3n) is 4.02. The first-order valence-electron chi connectivity index (χ1n) is 6.74. The van der Waals surface area contributed by atoms with E-state index in [0.717, 1.165) is 37.1 Å². The molecule has 0 N–H and O–H groups in total. The SMILES string of the molecule is Cn1nc(C2CC2)c2c(C(=O)[O-])cc(C3CC3)nc21. The molecule has 0 spiro atoms. The van der Waals surface area contributed by atoms with E-state index >= 15 is 0 Å². The maximum atomic E-state index is 11.4. The van der Waals surface area contributed by atoms with Gasteiger partial charge in [0.15, 0.2) is 5.65 Å². The van der Waals surface area contributed by atoms with E-state index in [0.29, 0.717) is 22.9 Å². The second-order valence-corrected chi connectivity index (χ2v) is 5.64. The van der Waals surface area contributed by atoms with Crippen LogP contribution in [0.1, 0.15) is 59.3 Å². The molecule has 2 fully saturated rings. The first kappa shape index (κ1) is 11.0. The van der Waals surface area contributed by atoms with E-state index in [1.165, 1.54) is 0 Å². The number of carboxylic acids is 1. The fourth-order valence-corrected chi connectivity index (χ4v) is 2.69. The Kier molecular flexibility index (Phi) is 2.05. The van der Waals surface area contributed by atoms with Gasteiger partial charge < -0.3 is 9.90 Å². The number of pyridine rings is 1. The molecular formula is C14H14N3O2-. The van der Waals surface area contributed by atoms with Gasteiger partial charge in [0.2, 0.25) is 0 Å². The molecule has 4 rings (SSSR count). The summed E-state index contributed by atoms with van der Waals surface area (Å²) >= 11 is 0. The van der Waals surface area contributed by atoms with Crippen molar-refractivity contribution in [1.29, 1.82) is 0 Å². The van der Waals surface area contributed by atoms with E-state index in [9.17, 15) is 9.90 Å². The number of aryl methyl sites for hydroxylation is 1. The van der Waals surface area contributed by atoms with E-state index in [-0.39, 0.29) is 5.56 Å². The fraction of sp³-hybridized carbons (Fsp3) is 0.500. The number of carbonyl (C=O) groups excluding carboxylic acids is 1. The summed E-state index contributed by atoms with van der Waals surface area (Å²) < 4.78 is 1.71. The summed E-state index contributed by atoms with van der Waals surface area (Å²) in [4.78, 5) is 16.1. The summed E-state index contributed by atoms with van der Waals surface area (Å²) in [5.41, 5.74) is 2.70. The van der Waals surface area contributed by atoms with Crippen molar-refractivity contribution in [3.8, 4) is 0 Å². The smallest absolute Gasteiger partial charge is 0.158 e. The number of fused-ring (bicyclic) bond motifs is 1. The van der Waals surface area contributed by atoms with Crippen molar-refractivity contribution in [2.75, 3.05) is 0 Å². The summed E-state index contributed by atoms with van der Waals surface area (Å²) in [6, 6.07) is 1.70. The molecule has 98 valence electrons. The van der Waals surface area contributed by atoms with Crippen LogP contribution >= 0.6 is 0 Å². The third-order valence-corrected chi connectivity index (χ3v) is 4.02. The third kappa shape index (κ3) is 1.64. The van der Waals surface area contributed by atoms with Gasteiger partial charge in [-0.1, -0.05) is 0 Å². The highest BCUT2D eigenvalue weighted by molar-refractivity contribution is 6.02. The topological polar surface area (TPSA) is 70.8 Å². The molecule has 0 radical (unpaired) electrons. The molecule has 0 aliphatic heterocycles. The first-order chi connectivity index (χ1) is 9.15. The van der Waals surface area contributed by atoms with Crippen molar-refractivity contribution >= 4 is 17.0 Å². The molecular weight excluding hydrogens is 242 g/mol. The summed E-state index contributed by atoms with van der Waals surface area (Å²) in [5.74, 6) is -0.304. The van der Waals surface area contributed by atoms with Gasteiger partial charge in [-0.2, -0.15) is 5.10 Å². The van der Waals surface area contributed by atoms with Crippen LogP contribution in [0.4, 0.5) is 0 Å². The van der Waals surface area contributed by atoms with Crippen molar-refractivity contribution < 1.29 is 9.90 Å². The average Bonchev–Trinajstić information content (AvgIpc) is 3.26. The zero-order valence-corrected chi connectivity index (χ0v) is 10.7. The van der Waals surface area contributed by atoms with Crippen LogP contribution < -0.4 is 5.11 Å². The van der Waals surface area contributed by atoms with Gasteiger partial charge in [-0.05, 0) is 31.7 Å². The van der Waals surface area contributed by atoms with E-state index in [2.05, 4.69) is 10.1 Å². The lowest BCUT2D eigenvalue weighted by Crippen LogP contribution is -2.23. The highest BCUT2D eigenvalue weighted by atomic mass is 16.4. The zero-order valence-electron chi connectivity index (χ0n) is 10.7. The Balaban J connectivity index is 2.03. The molecule has 0 amide bonds. The first-order valence-corrected chi connectivity index (χ1v) is 6.74. The largest absolute Gasteiger partial charge is 0.545 e. The van der Waals surface area contributed by atoms with Gasteiger partial charge >= 0.3 is 0 Å². The number of nitrogens with zero attached hydrogens (tertiary/aromatic N) is 3. The van der Waals surface area contributed by atoms with Crippen LogP contribution in [-0.2, 0) is 7.05 Å². The Morgan fingerprint density at radius 1 is 1.32 bits per heavy atom. The quantitative estimate of drug-likeness (QED) is 0.824. The molecule has 19 heavy (non-hydrogen) atoms. The summed E-state index contributed by atoms with van der Waals surface area (Å²) in [5, 5.41) is 16.6. The highest BCUT2D eigenvalue weighted by Crippen LogP contribution is 2.44. The van der Waals surface area contributed by atoms with E-state index in [1.54, 1.807) is 10.7 Å². The van der Waals surface area contributed by atoms with Gasteiger partial charge in [0, 0.05) is 30.1 Å². The molecule has 0 bridgehead atoms. The number of hydrogen-bond donors (Lipinski definition) is 0. The normalized spacial score (nSPS) is 19.0. The summed E-state index contributed by atoms with van der Waals surface area (Å²) in [6.07, 6.45) is 4.36. The Labute approximate surface area is 110 Å². The second kappa shape index (κ2) is 3.56. The average molecular weight is 256 g/mol. The maximum Gasteiger partial charge on any atom is 0.158 e. The predicted octanol–water partition coefficient (Wildman–Crippen LogP) is 1.09. The van der Waals surface area contributed by atoms with Crippen molar-refractivity contribution in [2.45, 2.75) is 37.5 Å². The van der Waals surface area contributed by atoms with Crippen molar-refractivity contribution in [1.82, 2.24) is 14.8 Å². The molecule has 0 atom stereocenters. The number of carboxylic acid groups (broad SMARTS) is 1. The molecule has 5 heteroatoms. The van der Waals surface area contributed by atoms with Gasteiger partial charge in [0.25, 0.3) is 0 Å². The molecule has 0 unspecified atom stereocenters. The van der Waals surface area contributed by atoms with Crippen LogP contribution in [0.25, 0.3) is 11.0 Å².